The molecule has 12 rings (SSSR count). The van der Waals surface area contributed by atoms with Crippen LogP contribution in [-0.4, -0.2) is 195 Å². The van der Waals surface area contributed by atoms with Crippen molar-refractivity contribution in [3.05, 3.63) is 0 Å². The first-order valence-electron chi connectivity index (χ1n) is 44.2. The number of ether oxygens (including phenoxy) is 4. The molecule has 0 amide bonds. The number of hydroxylamine groups is 8. The van der Waals surface area contributed by atoms with Crippen molar-refractivity contribution in [2.24, 2.45) is 11.8 Å². The molecule has 4 aliphatic carbocycles. The smallest absolute Gasteiger partial charge is 0.323 e. The first-order valence-corrected chi connectivity index (χ1v) is 44.2. The standard InChI is InChI=1S/C86H152N14O8/c1-19-37-71(61-49-79(3,4)97(80(5,6)50-61)105-65-39-27-23-28-40-65)87-73-89-75(93-77(91-73)103-59-69-57-101-69)95(63-53-83(11,12)99(84(13,14)54-63)107-67-43-31-25-32-44-67)47-35-21-22-36-48-96(64-55-85(15,16)100(86(17,18)56-64)108-68-45-33-26-34-46-68)76-90-74(92-78(94-76)104-60-70-58-102-70)88-72(38-20-2)62-51-81(7,8)98(82(9,10)52-62)106-66-41-29-24-30-42-66/h61-72H,19-60H2,1-18H3,(H,87,89,91,93)(H,88,90,92,94). The molecule has 10 aliphatic rings. The van der Waals surface area contributed by atoms with Crippen LogP contribution in [0.5, 0.6) is 12.0 Å². The lowest BCUT2D eigenvalue weighted by atomic mass is 9.71. The van der Waals surface area contributed by atoms with Gasteiger partial charge in [0.25, 0.3) is 0 Å². The van der Waals surface area contributed by atoms with E-state index >= 15 is 0 Å². The van der Waals surface area contributed by atoms with Crippen molar-refractivity contribution in [1.82, 2.24) is 50.2 Å². The summed E-state index contributed by atoms with van der Waals surface area (Å²) in [5.74, 6) is 3.22. The highest BCUT2D eigenvalue weighted by Crippen LogP contribution is 2.50. The number of hydrogen-bond donors (Lipinski definition) is 2. The number of anilines is 4. The van der Waals surface area contributed by atoms with Crippen LogP contribution in [0.25, 0.3) is 0 Å². The largest absolute Gasteiger partial charge is 0.460 e. The van der Waals surface area contributed by atoms with Crippen LogP contribution in [0.4, 0.5) is 23.8 Å². The Morgan fingerprint density at radius 3 is 0.898 bits per heavy atom. The second-order valence-corrected chi connectivity index (χ2v) is 40.5. The van der Waals surface area contributed by atoms with Gasteiger partial charge in [0.05, 0.1) is 37.6 Å². The Bertz CT molecular complexity index is 2850. The molecular weight excluding hydrogens is 1360 g/mol. The predicted molar refractivity (Wildman–Crippen MR) is 431 cm³/mol. The lowest BCUT2D eigenvalue weighted by Crippen LogP contribution is -2.65. The fourth-order valence-corrected chi connectivity index (χ4v) is 22.0. The number of aromatic nitrogens is 6. The van der Waals surface area contributed by atoms with Crippen molar-refractivity contribution in [2.45, 2.75) is 461 Å². The Hall–Kier alpha value is -3.58. The molecular formula is C86H152N14O8. The molecule has 22 heteroatoms. The first kappa shape index (κ1) is 83.8. The minimum absolute atomic E-state index is 0.0403. The summed E-state index contributed by atoms with van der Waals surface area (Å²) >= 11 is 0. The first-order chi connectivity index (χ1) is 51.3. The quantitative estimate of drug-likeness (QED) is 0.0487. The highest BCUT2D eigenvalue weighted by Gasteiger charge is 2.54. The SMILES string of the molecule is CCCC(Nc1nc(OCC2CO2)nc(N(CCCCCCN(c2nc(NC(CCC)C3CC(C)(C)N(OC4CCCCC4)C(C)(C)C3)nc(OCC3CO3)n2)C2CC(C)(C)N(OC3CCCCC3)C(C)(C)C2)C2CC(C)(C)N(OC3CCCCC3)C(C)(C)C2)n1)C1CC(C)(C)N(OC2CCCCC2)C(C)(C)C1. The van der Waals surface area contributed by atoms with E-state index in [1.54, 1.807) is 0 Å². The average Bonchev–Trinajstić information content (AvgIpc) is 0.818. The fourth-order valence-electron chi connectivity index (χ4n) is 22.0. The molecule has 4 saturated carbocycles. The van der Waals surface area contributed by atoms with E-state index in [0.29, 0.717) is 74.1 Å². The van der Waals surface area contributed by atoms with Crippen molar-refractivity contribution < 1.29 is 38.3 Å². The van der Waals surface area contributed by atoms with Gasteiger partial charge in [-0.15, -0.1) is 0 Å². The number of hydrogen-bond acceptors (Lipinski definition) is 22. The third-order valence-electron chi connectivity index (χ3n) is 26.3. The summed E-state index contributed by atoms with van der Waals surface area (Å²) in [5.41, 5.74) is -1.81. The molecule has 0 radical (unpaired) electrons. The molecule has 2 N–H and O–H groups in total. The molecule has 0 bridgehead atoms. The molecule has 0 spiro atoms. The second-order valence-electron chi connectivity index (χ2n) is 40.5. The summed E-state index contributed by atoms with van der Waals surface area (Å²) < 4.78 is 24.6. The molecule has 2 aromatic rings. The lowest BCUT2D eigenvalue weighted by molar-refractivity contribution is -0.314. The summed E-state index contributed by atoms with van der Waals surface area (Å²) in [5, 5.41) is 17.7. The average molecular weight is 1510 g/mol. The molecule has 6 aliphatic heterocycles. The number of nitrogens with zero attached hydrogens (tertiary/aromatic N) is 12. The number of epoxide rings is 2. The number of nitrogens with one attached hydrogen (secondary N) is 2. The van der Waals surface area contributed by atoms with E-state index in [0.717, 1.165) is 167 Å². The predicted octanol–water partition coefficient (Wildman–Crippen LogP) is 18.3. The molecule has 4 unspecified atom stereocenters. The molecule has 22 nitrogen and oxygen atoms in total. The van der Waals surface area contributed by atoms with Gasteiger partial charge in [0.15, 0.2) is 0 Å². The summed E-state index contributed by atoms with van der Waals surface area (Å²) in [6.45, 7) is 46.6. The van der Waals surface area contributed by atoms with E-state index in [2.05, 4.69) is 165 Å². The highest BCUT2D eigenvalue weighted by molar-refractivity contribution is 5.43. The second kappa shape index (κ2) is 35.7. The number of unbranched alkanes of at least 4 members (excludes halogenated alkanes) is 3. The number of piperidine rings is 4. The Balaban J connectivity index is 0.823. The van der Waals surface area contributed by atoms with E-state index in [1.165, 1.54) is 77.0 Å². The van der Waals surface area contributed by atoms with Crippen molar-refractivity contribution in [3.8, 4) is 12.0 Å². The van der Waals surface area contributed by atoms with Crippen LogP contribution < -0.4 is 29.9 Å². The van der Waals surface area contributed by atoms with Crippen molar-refractivity contribution >= 4 is 23.8 Å². The minimum atomic E-state index is -0.280. The van der Waals surface area contributed by atoms with Crippen LogP contribution in [0.1, 0.15) is 356 Å². The third kappa shape index (κ3) is 21.9. The Kier molecular flexibility index (Phi) is 27.7. The molecule has 0 aromatic carbocycles. The van der Waals surface area contributed by atoms with Crippen LogP contribution in [0.3, 0.4) is 0 Å². The zero-order valence-corrected chi connectivity index (χ0v) is 71.3. The zero-order chi connectivity index (χ0) is 76.9. The van der Waals surface area contributed by atoms with Crippen LogP contribution in [0, 0.1) is 11.8 Å². The van der Waals surface area contributed by atoms with Crippen molar-refractivity contribution in [1.29, 1.82) is 0 Å². The number of rotatable bonds is 35. The molecule has 4 atom stereocenters. The van der Waals surface area contributed by atoms with Gasteiger partial charge in [0.2, 0.25) is 23.8 Å². The Morgan fingerprint density at radius 1 is 0.370 bits per heavy atom. The van der Waals surface area contributed by atoms with Gasteiger partial charge < -0.3 is 39.4 Å². The van der Waals surface area contributed by atoms with E-state index in [4.69, 9.17) is 68.2 Å². The van der Waals surface area contributed by atoms with E-state index in [9.17, 15) is 0 Å². The molecule has 2 aromatic heterocycles. The zero-order valence-electron chi connectivity index (χ0n) is 71.3. The summed E-state index contributed by atoms with van der Waals surface area (Å²) in [6.07, 6.45) is 40.7. The maximum absolute atomic E-state index is 7.17. The van der Waals surface area contributed by atoms with Crippen molar-refractivity contribution in [2.75, 3.05) is 60.0 Å². The van der Waals surface area contributed by atoms with Gasteiger partial charge in [-0.3, -0.25) is 19.4 Å². The van der Waals surface area contributed by atoms with E-state index < -0.39 is 0 Å². The molecule has 6 saturated heterocycles. The van der Waals surface area contributed by atoms with Gasteiger partial charge >= 0.3 is 12.0 Å². The van der Waals surface area contributed by atoms with Gasteiger partial charge in [0, 0.05) is 81.6 Å². The van der Waals surface area contributed by atoms with Gasteiger partial charge in [0.1, 0.15) is 25.4 Å². The van der Waals surface area contributed by atoms with Gasteiger partial charge in [-0.2, -0.15) is 50.2 Å². The minimum Gasteiger partial charge on any atom is -0.460 e. The molecule has 8 heterocycles. The van der Waals surface area contributed by atoms with Gasteiger partial charge in [-0.1, -0.05) is 117 Å². The summed E-state index contributed by atoms with van der Waals surface area (Å²) in [6, 6.07) is 1.16. The normalized spacial score (nSPS) is 27.6. The molecule has 10 fully saturated rings. The van der Waals surface area contributed by atoms with Crippen LogP contribution >= 0.6 is 0 Å². The fraction of sp³-hybridized carbons (Fsp3) is 0.930. The van der Waals surface area contributed by atoms with E-state index in [-0.39, 0.29) is 105 Å². The lowest BCUT2D eigenvalue weighted by Gasteiger charge is -2.56. The molecule has 108 heavy (non-hydrogen) atoms. The highest BCUT2D eigenvalue weighted by atomic mass is 16.7. The maximum Gasteiger partial charge on any atom is 0.323 e. The van der Waals surface area contributed by atoms with Gasteiger partial charge in [-0.25, -0.2) is 0 Å². The van der Waals surface area contributed by atoms with Crippen LogP contribution in [-0.2, 0) is 28.8 Å². The molecule has 614 valence electrons. The van der Waals surface area contributed by atoms with Crippen molar-refractivity contribution in [3.63, 3.8) is 0 Å². The third-order valence-corrected chi connectivity index (χ3v) is 26.3. The topological polar surface area (TPSA) is 201 Å². The summed E-state index contributed by atoms with van der Waals surface area (Å²) in [7, 11) is 0. The Morgan fingerprint density at radius 2 is 0.639 bits per heavy atom. The Labute approximate surface area is 653 Å². The van der Waals surface area contributed by atoms with E-state index in [1.807, 2.05) is 0 Å². The van der Waals surface area contributed by atoms with Gasteiger partial charge in [-0.05, 0) is 251 Å². The van der Waals surface area contributed by atoms with Crippen LogP contribution in [0.2, 0.25) is 0 Å². The van der Waals surface area contributed by atoms with Crippen LogP contribution in [0.15, 0.2) is 0 Å². The maximum atomic E-state index is 7.17. The summed E-state index contributed by atoms with van der Waals surface area (Å²) in [4.78, 5) is 65.8. The monoisotopic (exact) mass is 1510 g/mol.